The Kier molecular flexibility index (Phi) is 4.16. The van der Waals surface area contributed by atoms with Crippen LogP contribution in [0.5, 0.6) is 0 Å². The van der Waals surface area contributed by atoms with Crippen molar-refractivity contribution >= 4 is 27.6 Å². The Morgan fingerprint density at radius 3 is 2.59 bits per heavy atom. The summed E-state index contributed by atoms with van der Waals surface area (Å²) < 4.78 is 49.2. The summed E-state index contributed by atoms with van der Waals surface area (Å²) in [5.41, 5.74) is -1.28. The minimum atomic E-state index is -3.83. The molecule has 1 heterocycles. The van der Waals surface area contributed by atoms with Crippen molar-refractivity contribution in [3.05, 3.63) is 29.3 Å². The van der Waals surface area contributed by atoms with E-state index in [2.05, 4.69) is 0 Å². The SMILES string of the molecule is NS(=O)(=O)CC1CC(=O)N(c2c(F)cc(F)cc2C(=O)O)C1. The van der Waals surface area contributed by atoms with Gasteiger partial charge in [-0.3, -0.25) is 4.79 Å². The van der Waals surface area contributed by atoms with Crippen molar-refractivity contribution < 1.29 is 31.9 Å². The van der Waals surface area contributed by atoms with Crippen molar-refractivity contribution in [3.8, 4) is 0 Å². The maximum atomic E-state index is 13.9. The van der Waals surface area contributed by atoms with Crippen LogP contribution in [0.4, 0.5) is 14.5 Å². The van der Waals surface area contributed by atoms with Crippen LogP contribution in [0.25, 0.3) is 0 Å². The highest BCUT2D eigenvalue weighted by Crippen LogP contribution is 2.32. The zero-order valence-electron chi connectivity index (χ0n) is 11.1. The topological polar surface area (TPSA) is 118 Å². The van der Waals surface area contributed by atoms with Crippen molar-refractivity contribution in [2.75, 3.05) is 17.2 Å². The van der Waals surface area contributed by atoms with Crippen LogP contribution in [-0.4, -0.2) is 37.7 Å². The molecule has 1 aliphatic rings. The molecule has 1 saturated heterocycles. The molecule has 10 heteroatoms. The third kappa shape index (κ3) is 3.39. The lowest BCUT2D eigenvalue weighted by Crippen LogP contribution is -2.29. The number of aromatic carboxylic acids is 1. The molecule has 120 valence electrons. The number of amides is 1. The summed E-state index contributed by atoms with van der Waals surface area (Å²) >= 11 is 0. The van der Waals surface area contributed by atoms with Crippen molar-refractivity contribution in [1.29, 1.82) is 0 Å². The average molecular weight is 334 g/mol. The van der Waals surface area contributed by atoms with Crippen LogP contribution in [0.3, 0.4) is 0 Å². The Labute approximate surface area is 124 Å². The molecule has 0 bridgehead atoms. The minimum absolute atomic E-state index is 0.210. The maximum absolute atomic E-state index is 13.9. The van der Waals surface area contributed by atoms with Crippen molar-refractivity contribution in [2.24, 2.45) is 11.1 Å². The van der Waals surface area contributed by atoms with E-state index in [1.54, 1.807) is 0 Å². The number of nitrogens with zero attached hydrogens (tertiary/aromatic N) is 1. The first-order valence-corrected chi connectivity index (χ1v) is 7.83. The Morgan fingerprint density at radius 1 is 1.41 bits per heavy atom. The summed E-state index contributed by atoms with van der Waals surface area (Å²) in [6.45, 7) is -0.210. The van der Waals surface area contributed by atoms with Gasteiger partial charge in [0.05, 0.1) is 17.0 Å². The number of primary sulfonamides is 1. The lowest BCUT2D eigenvalue weighted by atomic mass is 10.1. The quantitative estimate of drug-likeness (QED) is 0.821. The van der Waals surface area contributed by atoms with Gasteiger partial charge in [0.15, 0.2) is 5.82 Å². The standard InChI is InChI=1S/C12H12F2N2O5S/c13-7-2-8(12(18)19)11(9(14)3-7)16-4-6(1-10(16)17)5-22(15,20)21/h2-3,6H,1,4-5H2,(H,18,19)(H2,15,20,21). The third-order valence-corrected chi connectivity index (χ3v) is 4.14. The molecule has 1 atom stereocenters. The fourth-order valence-electron chi connectivity index (χ4n) is 2.44. The van der Waals surface area contributed by atoms with Gasteiger partial charge in [-0.05, 0) is 6.07 Å². The molecule has 0 aromatic heterocycles. The fraction of sp³-hybridized carbons (Fsp3) is 0.333. The van der Waals surface area contributed by atoms with Gasteiger partial charge < -0.3 is 10.0 Å². The van der Waals surface area contributed by atoms with Crippen LogP contribution in [0.1, 0.15) is 16.8 Å². The minimum Gasteiger partial charge on any atom is -0.478 e. The van der Waals surface area contributed by atoms with Crippen LogP contribution in [0.15, 0.2) is 12.1 Å². The fourth-order valence-corrected chi connectivity index (χ4v) is 3.32. The molecule has 1 amide bonds. The van der Waals surface area contributed by atoms with E-state index in [1.165, 1.54) is 0 Å². The number of halogens is 2. The number of hydrogen-bond acceptors (Lipinski definition) is 4. The second-order valence-electron chi connectivity index (χ2n) is 4.99. The highest BCUT2D eigenvalue weighted by molar-refractivity contribution is 7.89. The van der Waals surface area contributed by atoms with E-state index in [9.17, 15) is 26.8 Å². The maximum Gasteiger partial charge on any atom is 0.338 e. The van der Waals surface area contributed by atoms with Gasteiger partial charge in [0.2, 0.25) is 15.9 Å². The third-order valence-electron chi connectivity index (χ3n) is 3.20. The molecule has 3 N–H and O–H groups in total. The van der Waals surface area contributed by atoms with E-state index in [1.807, 2.05) is 0 Å². The molecular formula is C12H12F2N2O5S. The Hall–Kier alpha value is -2.07. The molecule has 22 heavy (non-hydrogen) atoms. The summed E-state index contributed by atoms with van der Waals surface area (Å²) in [5.74, 6) is -5.72. The molecule has 7 nitrogen and oxygen atoms in total. The Bertz CT molecular complexity index is 750. The normalized spacial score (nSPS) is 18.8. The lowest BCUT2D eigenvalue weighted by molar-refractivity contribution is -0.117. The second kappa shape index (κ2) is 5.61. The summed E-state index contributed by atoms with van der Waals surface area (Å²) in [7, 11) is -3.83. The van der Waals surface area contributed by atoms with E-state index < -0.39 is 56.5 Å². The number of nitrogens with two attached hydrogens (primary N) is 1. The number of carboxylic acid groups (broad SMARTS) is 1. The van der Waals surface area contributed by atoms with Crippen LogP contribution in [-0.2, 0) is 14.8 Å². The van der Waals surface area contributed by atoms with Crippen LogP contribution in [0.2, 0.25) is 0 Å². The molecule has 1 unspecified atom stereocenters. The molecule has 2 rings (SSSR count). The number of hydrogen-bond donors (Lipinski definition) is 2. The van der Waals surface area contributed by atoms with Crippen LogP contribution >= 0.6 is 0 Å². The largest absolute Gasteiger partial charge is 0.478 e. The van der Waals surface area contributed by atoms with E-state index in [0.29, 0.717) is 12.1 Å². The van der Waals surface area contributed by atoms with Crippen molar-refractivity contribution in [1.82, 2.24) is 0 Å². The number of rotatable bonds is 4. The summed E-state index contributed by atoms with van der Waals surface area (Å²) in [6.07, 6.45) is -0.216. The van der Waals surface area contributed by atoms with Crippen molar-refractivity contribution in [2.45, 2.75) is 6.42 Å². The van der Waals surface area contributed by atoms with Gasteiger partial charge in [-0.2, -0.15) is 0 Å². The molecule has 1 aromatic rings. The zero-order chi connectivity index (χ0) is 16.7. The van der Waals surface area contributed by atoms with Gasteiger partial charge in [0.25, 0.3) is 0 Å². The predicted molar refractivity (Wildman–Crippen MR) is 71.8 cm³/mol. The summed E-state index contributed by atoms with van der Waals surface area (Å²) in [5, 5.41) is 13.9. The van der Waals surface area contributed by atoms with Gasteiger partial charge >= 0.3 is 5.97 Å². The lowest BCUT2D eigenvalue weighted by Gasteiger charge is -2.19. The van der Waals surface area contributed by atoms with Gasteiger partial charge in [-0.25, -0.2) is 27.1 Å². The predicted octanol–water partition coefficient (Wildman–Crippen LogP) is 0.304. The molecule has 1 aromatic carbocycles. The number of sulfonamides is 1. The summed E-state index contributed by atoms with van der Waals surface area (Å²) in [4.78, 5) is 23.8. The van der Waals surface area contributed by atoms with E-state index in [4.69, 9.17) is 10.2 Å². The first-order chi connectivity index (χ1) is 10.1. The van der Waals surface area contributed by atoms with Gasteiger partial charge in [-0.1, -0.05) is 0 Å². The molecule has 0 aliphatic carbocycles. The van der Waals surface area contributed by atoms with E-state index in [0.717, 1.165) is 4.90 Å². The van der Waals surface area contributed by atoms with Gasteiger partial charge in [0.1, 0.15) is 5.82 Å². The van der Waals surface area contributed by atoms with E-state index in [-0.39, 0.29) is 13.0 Å². The Balaban J connectivity index is 2.40. The van der Waals surface area contributed by atoms with Crippen LogP contribution < -0.4 is 10.0 Å². The van der Waals surface area contributed by atoms with Gasteiger partial charge in [0, 0.05) is 24.9 Å². The first-order valence-electron chi connectivity index (χ1n) is 6.11. The Morgan fingerprint density at radius 2 is 2.05 bits per heavy atom. The second-order valence-corrected chi connectivity index (χ2v) is 6.65. The first kappa shape index (κ1) is 16.3. The number of carbonyl (C=O) groups excluding carboxylic acids is 1. The average Bonchev–Trinajstić information content (AvgIpc) is 2.66. The van der Waals surface area contributed by atoms with E-state index >= 15 is 0 Å². The number of carboxylic acids is 1. The number of benzene rings is 1. The zero-order valence-corrected chi connectivity index (χ0v) is 11.9. The monoisotopic (exact) mass is 334 g/mol. The molecule has 0 spiro atoms. The molecule has 1 aliphatic heterocycles. The molecule has 1 fully saturated rings. The van der Waals surface area contributed by atoms with Gasteiger partial charge in [-0.15, -0.1) is 0 Å². The summed E-state index contributed by atoms with van der Waals surface area (Å²) in [6, 6.07) is 1.06. The number of anilines is 1. The van der Waals surface area contributed by atoms with Crippen molar-refractivity contribution in [3.63, 3.8) is 0 Å². The molecular weight excluding hydrogens is 322 g/mol. The number of carbonyl (C=O) groups is 2. The smallest absolute Gasteiger partial charge is 0.338 e. The highest BCUT2D eigenvalue weighted by Gasteiger charge is 2.36. The molecule has 0 saturated carbocycles. The molecule has 0 radical (unpaired) electrons. The highest BCUT2D eigenvalue weighted by atomic mass is 32.2. The van der Waals surface area contributed by atoms with Crippen LogP contribution in [0, 0.1) is 17.6 Å².